The third kappa shape index (κ3) is 20.8. The molecule has 2 saturated heterocycles. The number of para-hydroxylation sites is 2. The number of aliphatic hydroxyl groups excluding tert-OH is 3. The van der Waals surface area contributed by atoms with Crippen molar-refractivity contribution in [2.24, 2.45) is 0 Å². The summed E-state index contributed by atoms with van der Waals surface area (Å²) in [5.74, 6) is -3.41. The number of aliphatic hydroxyl groups is 3. The number of allylic oxidation sites excluding steroid dienone is 2. The van der Waals surface area contributed by atoms with Gasteiger partial charge in [-0.05, 0) is 150 Å². The molecule has 7 rings (SSSR count). The minimum absolute atomic E-state index is 0.103. The van der Waals surface area contributed by atoms with Gasteiger partial charge in [0.15, 0.2) is 41.1 Å². The van der Waals surface area contributed by atoms with Gasteiger partial charge in [-0.25, -0.2) is 22.7 Å². The summed E-state index contributed by atoms with van der Waals surface area (Å²) in [5.41, 5.74) is -4.40. The molecule has 0 radical (unpaired) electrons. The highest BCUT2D eigenvalue weighted by Gasteiger charge is 2.59. The van der Waals surface area contributed by atoms with E-state index in [9.17, 15) is 57.3 Å². The van der Waals surface area contributed by atoms with Crippen LogP contribution in [0.2, 0.25) is 0 Å². The van der Waals surface area contributed by atoms with Gasteiger partial charge < -0.3 is 57.5 Å². The minimum Gasteiger partial charge on any atom is -0.462 e. The van der Waals surface area contributed by atoms with Crippen molar-refractivity contribution in [2.75, 3.05) is 40.5 Å². The molecular weight excluding hydrogens is 1350 g/mol. The molecule has 2 fully saturated rings. The van der Waals surface area contributed by atoms with Gasteiger partial charge in [0, 0.05) is 18.9 Å². The Bertz CT molecular complexity index is 3130. The summed E-state index contributed by atoms with van der Waals surface area (Å²) in [7, 11) is -4.71. The zero-order valence-electron chi connectivity index (χ0n) is 50.2. The van der Waals surface area contributed by atoms with Crippen molar-refractivity contribution in [1.29, 1.82) is 0 Å². The van der Waals surface area contributed by atoms with Crippen LogP contribution in [0.5, 0.6) is 17.2 Å². The van der Waals surface area contributed by atoms with Crippen LogP contribution in [0.15, 0.2) is 106 Å². The monoisotopic (exact) mass is 1420 g/mol. The Morgan fingerprint density at radius 2 is 1.11 bits per heavy atom. The first-order chi connectivity index (χ1) is 41.6. The zero-order chi connectivity index (χ0) is 66.3. The SMILES string of the molecule is CC(C)OC(=O)[C@H](C)NP(=O)(OC[C@H]1O[C@@H](N2C=CC(=O)CC2=O)[C@](C)(F)[C@@H]1O)Oc1ccccc1.CC(C)OC(=O)[C@H](C)NP(=O)(Oc1ccccc1)Oc1c(Br)cc(C(=O)OCCN(C)C)cc1Br.C[C@@]1(F)[C@H](O)[C@@H](CO)O[C@H]1N1C=CC(=O)CC1=O. The topological polar surface area (TPSA) is 331 Å². The highest BCUT2D eigenvalue weighted by molar-refractivity contribution is 9.11. The molecule has 12 atom stereocenters. The van der Waals surface area contributed by atoms with Gasteiger partial charge in [0.05, 0.1) is 52.8 Å². The molecule has 0 spiro atoms. The van der Waals surface area contributed by atoms with Gasteiger partial charge in [0.2, 0.25) is 11.8 Å². The molecule has 490 valence electrons. The Balaban J connectivity index is 0.000000256. The quantitative estimate of drug-likeness (QED) is 0.0267. The van der Waals surface area contributed by atoms with E-state index < -0.39 is 137 Å². The molecule has 3 aromatic carbocycles. The third-order valence-corrected chi connectivity index (χ3v) is 17.3. The van der Waals surface area contributed by atoms with Gasteiger partial charge in [-0.1, -0.05) is 36.4 Å². The van der Waals surface area contributed by atoms with E-state index in [0.717, 1.165) is 48.2 Å². The number of nitrogens with zero attached hydrogens (tertiary/aromatic N) is 3. The number of rotatable bonds is 24. The standard InChI is InChI=1S/C23H29Br2N2O7P.C23H30FN2O9P.C11H14FNO5/c1-15(2)32-22(28)16(3)26-35(30,33-18-9-7-6-8-10-18)34-21-19(24)13-17(14-20(21)25)23(29)31-12-11-27(4)5;1-14(2)33-21(30)15(3)25-36(31,35-17-8-6-5-7-9-17)32-13-18-20(29)23(4,24)22(34-18)26-11-10-16(27)12-19(26)28;1-11(12)9(17)7(5-14)18-10(11)13-3-2-6(15)4-8(13)16/h6-10,13-16H,11-12H2,1-5H3,(H,26,30);5-11,14-15,18,20,22,29H,12-13H2,1-4H3,(H,25,31);2-3,7,9-10,14,17H,4-5H2,1H3/t16-,35?;15-,18+,20+,22+,23+,36?;7-,9-,10-,11-/m001/s1. The van der Waals surface area contributed by atoms with E-state index in [1.165, 1.54) is 38.1 Å². The second-order valence-corrected chi connectivity index (χ2v) is 26.5. The van der Waals surface area contributed by atoms with Crippen LogP contribution in [-0.4, -0.2) is 184 Å². The molecule has 4 aliphatic heterocycles. The second-order valence-electron chi connectivity index (χ2n) is 21.5. The lowest BCUT2D eigenvalue weighted by Crippen LogP contribution is -2.51. The van der Waals surface area contributed by atoms with Gasteiger partial charge in [0.25, 0.3) is 0 Å². The number of amides is 2. The zero-order valence-corrected chi connectivity index (χ0v) is 55.2. The summed E-state index contributed by atoms with van der Waals surface area (Å²) in [4.78, 5) is 87.1. The first-order valence-electron chi connectivity index (χ1n) is 27.6. The van der Waals surface area contributed by atoms with Crippen LogP contribution in [0.25, 0.3) is 0 Å². The molecule has 89 heavy (non-hydrogen) atoms. The Hall–Kier alpha value is -5.85. The third-order valence-electron chi connectivity index (χ3n) is 12.9. The summed E-state index contributed by atoms with van der Waals surface area (Å²) < 4.78 is 107. The number of likely N-dealkylation sites (N-methyl/N-ethyl adjacent to an activating group) is 1. The highest BCUT2D eigenvalue weighted by Crippen LogP contribution is 2.50. The molecule has 4 heterocycles. The molecule has 2 unspecified atom stereocenters. The first kappa shape index (κ1) is 73.9. The maximum absolute atomic E-state index is 15.5. The number of alkyl halides is 2. The molecule has 3 aromatic rings. The van der Waals surface area contributed by atoms with Crippen LogP contribution < -0.4 is 23.7 Å². The van der Waals surface area contributed by atoms with Crippen molar-refractivity contribution < 1.29 is 109 Å². The van der Waals surface area contributed by atoms with Crippen molar-refractivity contribution in [2.45, 2.75) is 141 Å². The van der Waals surface area contributed by atoms with E-state index >= 15 is 4.39 Å². The Kier molecular flexibility index (Phi) is 26.9. The Labute approximate surface area is 529 Å². The number of carbonyl (C=O) groups is 7. The number of carbonyl (C=O) groups excluding carboxylic acids is 7. The lowest BCUT2D eigenvalue weighted by molar-refractivity contribution is -0.152. The molecule has 2 amide bonds. The summed E-state index contributed by atoms with van der Waals surface area (Å²) in [5, 5.41) is 34.3. The number of nitrogens with one attached hydrogen (secondary N) is 2. The van der Waals surface area contributed by atoms with E-state index in [0.29, 0.717) is 15.5 Å². The van der Waals surface area contributed by atoms with Crippen molar-refractivity contribution in [1.82, 2.24) is 24.9 Å². The van der Waals surface area contributed by atoms with Gasteiger partial charge >= 0.3 is 33.4 Å². The van der Waals surface area contributed by atoms with Crippen LogP contribution in [0.1, 0.15) is 78.6 Å². The van der Waals surface area contributed by atoms with E-state index in [1.807, 2.05) is 19.0 Å². The van der Waals surface area contributed by atoms with Crippen LogP contribution in [-0.2, 0) is 66.1 Å². The number of hydrogen-bond donors (Lipinski definition) is 5. The van der Waals surface area contributed by atoms with E-state index in [2.05, 4.69) is 42.0 Å². The van der Waals surface area contributed by atoms with Gasteiger partial charge in [-0.3, -0.25) is 43.1 Å². The number of esters is 3. The summed E-state index contributed by atoms with van der Waals surface area (Å²) >= 11 is 6.71. The lowest BCUT2D eigenvalue weighted by Gasteiger charge is -2.32. The first-order valence-corrected chi connectivity index (χ1v) is 32.3. The number of hydrogen-bond acceptors (Lipinski definition) is 22. The Morgan fingerprint density at radius 3 is 1.52 bits per heavy atom. The van der Waals surface area contributed by atoms with Crippen LogP contribution in [0.3, 0.4) is 0 Å². The summed E-state index contributed by atoms with van der Waals surface area (Å²) in [6, 6.07) is 17.3. The fourth-order valence-corrected chi connectivity index (χ4v) is 13.0. The van der Waals surface area contributed by atoms with Gasteiger partial charge in [-0.2, -0.15) is 10.2 Å². The number of ether oxygens (including phenoxy) is 5. The summed E-state index contributed by atoms with van der Waals surface area (Å²) in [6.45, 7) is 11.4. The average molecular weight is 1420 g/mol. The molecule has 0 aliphatic carbocycles. The average Bonchev–Trinajstić information content (AvgIpc) is 1.75. The normalized spacial score (nSPS) is 25.3. The van der Waals surface area contributed by atoms with E-state index in [1.54, 1.807) is 76.2 Å². The molecular formula is C57H73Br2F2N5O21P2. The van der Waals surface area contributed by atoms with Crippen molar-refractivity contribution in [3.63, 3.8) is 0 Å². The summed E-state index contributed by atoms with van der Waals surface area (Å²) in [6.07, 6.45) is -5.76. The van der Waals surface area contributed by atoms with Gasteiger partial charge in [0.1, 0.15) is 54.6 Å². The molecule has 0 saturated carbocycles. The molecule has 5 N–H and O–H groups in total. The molecule has 32 heteroatoms. The largest absolute Gasteiger partial charge is 0.513 e. The highest BCUT2D eigenvalue weighted by atomic mass is 79.9. The molecule has 0 aromatic heterocycles. The predicted molar refractivity (Wildman–Crippen MR) is 321 cm³/mol. The molecule has 26 nitrogen and oxygen atoms in total. The van der Waals surface area contributed by atoms with Crippen LogP contribution in [0, 0.1) is 0 Å². The fraction of sp³-hybridized carbons (Fsp3) is 0.491. The van der Waals surface area contributed by atoms with Crippen molar-refractivity contribution in [3.05, 3.63) is 112 Å². The Morgan fingerprint density at radius 1 is 0.697 bits per heavy atom. The van der Waals surface area contributed by atoms with E-state index in [-0.39, 0.29) is 47.7 Å². The van der Waals surface area contributed by atoms with E-state index in [4.69, 9.17) is 46.9 Å². The van der Waals surface area contributed by atoms with Crippen molar-refractivity contribution >= 4 is 88.6 Å². The van der Waals surface area contributed by atoms with Crippen molar-refractivity contribution in [3.8, 4) is 17.2 Å². The molecule has 0 bridgehead atoms. The van der Waals surface area contributed by atoms with Crippen LogP contribution >= 0.6 is 47.4 Å². The maximum Gasteiger partial charge on any atom is 0.513 e. The van der Waals surface area contributed by atoms with Gasteiger partial charge in [-0.15, -0.1) is 0 Å². The smallest absolute Gasteiger partial charge is 0.462 e. The maximum atomic E-state index is 15.5. The molecule has 4 aliphatic rings. The second kappa shape index (κ2) is 32.4. The number of ketones is 2. The predicted octanol–water partition coefficient (Wildman–Crippen LogP) is 6.78. The minimum atomic E-state index is -4.29. The number of halogens is 4. The lowest BCUT2D eigenvalue weighted by atomic mass is 9.97. The number of benzene rings is 3. The van der Waals surface area contributed by atoms with Crippen LogP contribution in [0.4, 0.5) is 8.78 Å². The fourth-order valence-electron chi connectivity index (χ4n) is 8.33.